The Balaban J connectivity index is 1.44. The highest BCUT2D eigenvalue weighted by molar-refractivity contribution is 5.39. The fourth-order valence-corrected chi connectivity index (χ4v) is 3.72. The van der Waals surface area contributed by atoms with Crippen molar-refractivity contribution in [3.8, 4) is 0 Å². The third-order valence-corrected chi connectivity index (χ3v) is 5.72. The predicted octanol–water partition coefficient (Wildman–Crippen LogP) is 2.24. The molecule has 2 aromatic carbocycles. The summed E-state index contributed by atoms with van der Waals surface area (Å²) in [7, 11) is 0. The molecule has 1 fully saturated rings. The van der Waals surface area contributed by atoms with Crippen LogP contribution in [0.25, 0.3) is 0 Å². The zero-order chi connectivity index (χ0) is 23.8. The summed E-state index contributed by atoms with van der Waals surface area (Å²) in [6, 6.07) is 16.0. The molecular weight excluding hydrogens is 432 g/mol. The molecule has 1 aliphatic heterocycles. The monoisotopic (exact) mass is 472 g/mol. The molecule has 0 aliphatic carbocycles. The Morgan fingerprint density at radius 1 is 0.471 bits per heavy atom. The molecule has 188 valence electrons. The summed E-state index contributed by atoms with van der Waals surface area (Å²) in [6.07, 6.45) is 0. The van der Waals surface area contributed by atoms with Gasteiger partial charge in [-0.15, -0.1) is 0 Å². The Labute approximate surface area is 203 Å². The van der Waals surface area contributed by atoms with Crippen LogP contribution in [0.15, 0.2) is 48.5 Å². The highest BCUT2D eigenvalue weighted by Crippen LogP contribution is 2.10. The summed E-state index contributed by atoms with van der Waals surface area (Å²) in [6.45, 7) is 10.00. The normalized spacial score (nSPS) is 19.3. The van der Waals surface area contributed by atoms with Crippen molar-refractivity contribution in [3.63, 3.8) is 0 Å². The maximum atomic E-state index is 5.83. The van der Waals surface area contributed by atoms with Crippen LogP contribution in [-0.4, -0.2) is 88.8 Å². The van der Waals surface area contributed by atoms with E-state index in [4.69, 9.17) is 30.4 Å². The van der Waals surface area contributed by atoms with Crippen LogP contribution < -0.4 is 11.5 Å². The quantitative estimate of drug-likeness (QED) is 0.654. The fourth-order valence-electron chi connectivity index (χ4n) is 3.72. The second-order valence-electron chi connectivity index (χ2n) is 8.48. The first-order valence-electron chi connectivity index (χ1n) is 12.1. The molecule has 4 N–H and O–H groups in total. The molecule has 0 amide bonds. The van der Waals surface area contributed by atoms with Gasteiger partial charge in [-0.2, -0.15) is 0 Å². The standard InChI is InChI=1S/C26H40N4O4/c27-25-5-1-23(2-6-25)21-29-9-13-31-17-19-33-15-11-30(12-16-34-20-18-32-14-10-29)22-24-3-7-26(28)8-4-24/h1-8H,9-22,27-28H2. The van der Waals surface area contributed by atoms with Crippen molar-refractivity contribution in [3.05, 3.63) is 59.7 Å². The van der Waals surface area contributed by atoms with Crippen LogP contribution in [0, 0.1) is 0 Å². The average Bonchev–Trinajstić information content (AvgIpc) is 2.84. The molecule has 0 saturated carbocycles. The van der Waals surface area contributed by atoms with E-state index in [1.165, 1.54) is 11.1 Å². The van der Waals surface area contributed by atoms with Crippen LogP contribution in [0.2, 0.25) is 0 Å². The molecule has 8 nitrogen and oxygen atoms in total. The summed E-state index contributed by atoms with van der Waals surface area (Å²) in [5, 5.41) is 0. The average molecular weight is 473 g/mol. The minimum atomic E-state index is 0.591. The van der Waals surface area contributed by atoms with Gasteiger partial charge in [0, 0.05) is 50.6 Å². The first-order chi connectivity index (χ1) is 16.7. The number of nitrogens with zero attached hydrogens (tertiary/aromatic N) is 2. The first kappa shape index (κ1) is 26.4. The molecule has 0 aromatic heterocycles. The van der Waals surface area contributed by atoms with Gasteiger partial charge < -0.3 is 30.4 Å². The summed E-state index contributed by atoms with van der Waals surface area (Å²) in [4.78, 5) is 4.68. The Morgan fingerprint density at radius 2 is 0.765 bits per heavy atom. The summed E-state index contributed by atoms with van der Waals surface area (Å²) in [5.41, 5.74) is 15.6. The molecule has 34 heavy (non-hydrogen) atoms. The number of rotatable bonds is 4. The number of anilines is 2. The lowest BCUT2D eigenvalue weighted by molar-refractivity contribution is 0.00624. The maximum absolute atomic E-state index is 5.83. The minimum absolute atomic E-state index is 0.591. The van der Waals surface area contributed by atoms with E-state index < -0.39 is 0 Å². The van der Waals surface area contributed by atoms with Gasteiger partial charge in [0.2, 0.25) is 0 Å². The van der Waals surface area contributed by atoms with Crippen LogP contribution in [0.4, 0.5) is 11.4 Å². The molecular formula is C26H40N4O4. The smallest absolute Gasteiger partial charge is 0.0701 e. The zero-order valence-electron chi connectivity index (χ0n) is 20.2. The van der Waals surface area contributed by atoms with Crippen molar-refractivity contribution >= 4 is 11.4 Å². The first-order valence-corrected chi connectivity index (χ1v) is 12.1. The molecule has 0 bridgehead atoms. The van der Waals surface area contributed by atoms with Crippen molar-refractivity contribution in [1.29, 1.82) is 0 Å². The van der Waals surface area contributed by atoms with Gasteiger partial charge in [-0.1, -0.05) is 24.3 Å². The van der Waals surface area contributed by atoms with Gasteiger partial charge in [-0.3, -0.25) is 9.80 Å². The molecule has 1 aliphatic rings. The van der Waals surface area contributed by atoms with Gasteiger partial charge >= 0.3 is 0 Å². The molecule has 0 spiro atoms. The number of nitrogen functional groups attached to an aromatic ring is 2. The van der Waals surface area contributed by atoms with E-state index in [0.29, 0.717) is 52.9 Å². The third kappa shape index (κ3) is 10.8. The highest BCUT2D eigenvalue weighted by Gasteiger charge is 2.09. The molecule has 0 atom stereocenters. The topological polar surface area (TPSA) is 95.4 Å². The van der Waals surface area contributed by atoms with Crippen molar-refractivity contribution in [1.82, 2.24) is 9.80 Å². The van der Waals surface area contributed by atoms with Crippen LogP contribution in [0.1, 0.15) is 11.1 Å². The van der Waals surface area contributed by atoms with Gasteiger partial charge in [-0.25, -0.2) is 0 Å². The van der Waals surface area contributed by atoms with Crippen molar-refractivity contribution in [2.45, 2.75) is 13.1 Å². The molecule has 1 heterocycles. The van der Waals surface area contributed by atoms with E-state index in [2.05, 4.69) is 34.1 Å². The molecule has 0 unspecified atom stereocenters. The highest BCUT2D eigenvalue weighted by atomic mass is 16.5. The number of benzene rings is 2. The molecule has 2 aromatic rings. The maximum Gasteiger partial charge on any atom is 0.0701 e. The van der Waals surface area contributed by atoms with E-state index in [1.54, 1.807) is 0 Å². The molecule has 0 radical (unpaired) electrons. The number of hydrogen-bond acceptors (Lipinski definition) is 8. The van der Waals surface area contributed by atoms with E-state index >= 15 is 0 Å². The predicted molar refractivity (Wildman–Crippen MR) is 136 cm³/mol. The molecule has 1 saturated heterocycles. The van der Waals surface area contributed by atoms with Crippen LogP contribution in [0.5, 0.6) is 0 Å². The Hall–Kier alpha value is -2.20. The lowest BCUT2D eigenvalue weighted by atomic mass is 10.2. The number of nitrogens with two attached hydrogens (primary N) is 2. The largest absolute Gasteiger partial charge is 0.399 e. The van der Waals surface area contributed by atoms with Gasteiger partial charge in [-0.05, 0) is 35.4 Å². The van der Waals surface area contributed by atoms with Gasteiger partial charge in [0.25, 0.3) is 0 Å². The van der Waals surface area contributed by atoms with E-state index in [0.717, 1.165) is 50.6 Å². The van der Waals surface area contributed by atoms with Crippen molar-refractivity contribution in [2.24, 2.45) is 0 Å². The second kappa shape index (κ2) is 15.7. The number of ether oxygens (including phenoxy) is 4. The van der Waals surface area contributed by atoms with Crippen molar-refractivity contribution < 1.29 is 18.9 Å². The summed E-state index contributed by atoms with van der Waals surface area (Å²) >= 11 is 0. The Kier molecular flexibility index (Phi) is 12.2. The van der Waals surface area contributed by atoms with E-state index in [1.807, 2.05) is 24.3 Å². The van der Waals surface area contributed by atoms with Crippen molar-refractivity contribution in [2.75, 3.05) is 90.5 Å². The second-order valence-corrected chi connectivity index (χ2v) is 8.48. The van der Waals surface area contributed by atoms with Crippen LogP contribution >= 0.6 is 0 Å². The van der Waals surface area contributed by atoms with Gasteiger partial charge in [0.15, 0.2) is 0 Å². The lowest BCUT2D eigenvalue weighted by Crippen LogP contribution is -2.32. The van der Waals surface area contributed by atoms with E-state index in [-0.39, 0.29) is 0 Å². The summed E-state index contributed by atoms with van der Waals surface area (Å²) < 4.78 is 23.3. The SMILES string of the molecule is Nc1ccc(CN2CCOCCOCCN(Cc3ccc(N)cc3)CCOCCOCC2)cc1. The minimum Gasteiger partial charge on any atom is -0.399 e. The van der Waals surface area contributed by atoms with E-state index in [9.17, 15) is 0 Å². The molecule has 8 heteroatoms. The molecule has 3 rings (SSSR count). The zero-order valence-corrected chi connectivity index (χ0v) is 20.2. The summed E-state index contributed by atoms with van der Waals surface area (Å²) in [5.74, 6) is 0. The fraction of sp³-hybridized carbons (Fsp3) is 0.538. The van der Waals surface area contributed by atoms with Crippen LogP contribution in [0.3, 0.4) is 0 Å². The number of hydrogen-bond donors (Lipinski definition) is 2. The Bertz CT molecular complexity index is 701. The van der Waals surface area contributed by atoms with Gasteiger partial charge in [0.05, 0.1) is 52.9 Å². The van der Waals surface area contributed by atoms with Gasteiger partial charge in [0.1, 0.15) is 0 Å². The lowest BCUT2D eigenvalue weighted by Gasteiger charge is -2.24. The Morgan fingerprint density at radius 3 is 1.06 bits per heavy atom. The van der Waals surface area contributed by atoms with Crippen LogP contribution in [-0.2, 0) is 32.0 Å². The third-order valence-electron chi connectivity index (χ3n) is 5.72.